The molecule has 0 radical (unpaired) electrons. The molecule has 284 valence electrons. The van der Waals surface area contributed by atoms with Crippen LogP contribution in [0.25, 0.3) is 82.1 Å². The second-order valence-corrected chi connectivity index (χ2v) is 17.5. The molecule has 0 aliphatic heterocycles. The van der Waals surface area contributed by atoms with Crippen molar-refractivity contribution >= 4 is 71.0 Å². The minimum absolute atomic E-state index is 0.201. The van der Waals surface area contributed by atoms with Crippen molar-refractivity contribution in [2.45, 2.75) is 19.3 Å². The van der Waals surface area contributed by atoms with E-state index < -0.39 is 0 Å². The van der Waals surface area contributed by atoms with Crippen LogP contribution < -0.4 is 0 Å². The van der Waals surface area contributed by atoms with Crippen LogP contribution in [0.1, 0.15) is 58.4 Å². The molecule has 0 bridgehead atoms. The van der Waals surface area contributed by atoms with E-state index in [1.165, 1.54) is 132 Å². The molecule has 0 aromatic heterocycles. The molecule has 10 aromatic carbocycles. The van der Waals surface area contributed by atoms with Crippen molar-refractivity contribution < 1.29 is 0 Å². The molecule has 3 aliphatic rings. The Bertz CT molecular complexity index is 3610. The third kappa shape index (κ3) is 4.76. The molecule has 0 amide bonds. The summed E-state index contributed by atoms with van der Waals surface area (Å²) in [6.45, 7) is 4.85. The van der Waals surface area contributed by atoms with E-state index in [0.717, 1.165) is 0 Å². The van der Waals surface area contributed by atoms with Crippen molar-refractivity contribution in [1.29, 1.82) is 0 Å². The Morgan fingerprint density at radius 3 is 1.21 bits per heavy atom. The van der Waals surface area contributed by atoms with Crippen molar-refractivity contribution in [3.63, 3.8) is 0 Å². The van der Waals surface area contributed by atoms with E-state index >= 15 is 0 Å². The molecule has 0 fully saturated rings. The molecule has 3 aliphatic carbocycles. The molecular formula is C61H40. The summed E-state index contributed by atoms with van der Waals surface area (Å²) in [5, 5.41) is 10.3. The number of rotatable bonds is 4. The van der Waals surface area contributed by atoms with E-state index in [0.29, 0.717) is 0 Å². The Labute approximate surface area is 356 Å². The number of hydrogen-bond acceptors (Lipinski definition) is 0. The summed E-state index contributed by atoms with van der Waals surface area (Å²) in [6, 6.07) is 77.4. The van der Waals surface area contributed by atoms with Crippen LogP contribution in [0.2, 0.25) is 0 Å². The Morgan fingerprint density at radius 2 is 0.656 bits per heavy atom. The Morgan fingerprint density at radius 1 is 0.262 bits per heavy atom. The smallest absolute Gasteiger partial charge is 0.0165 e. The van der Waals surface area contributed by atoms with Gasteiger partial charge in [-0.05, 0) is 156 Å². The van der Waals surface area contributed by atoms with Crippen LogP contribution in [0.5, 0.6) is 0 Å². The predicted molar refractivity (Wildman–Crippen MR) is 259 cm³/mol. The highest BCUT2D eigenvalue weighted by Gasteiger charge is 2.44. The summed E-state index contributed by atoms with van der Waals surface area (Å²) in [5.41, 5.74) is 20.7. The molecule has 0 spiro atoms. The lowest BCUT2D eigenvalue weighted by Crippen LogP contribution is -2.17. The van der Waals surface area contributed by atoms with Gasteiger partial charge in [0.15, 0.2) is 0 Å². The first-order valence-electron chi connectivity index (χ1n) is 21.5. The fourth-order valence-electron chi connectivity index (χ4n) is 11.4. The minimum Gasteiger partial charge on any atom is -0.0622 e. The van der Waals surface area contributed by atoms with Crippen LogP contribution in [-0.2, 0) is 5.41 Å². The van der Waals surface area contributed by atoms with Crippen LogP contribution in [0.3, 0.4) is 0 Å². The van der Waals surface area contributed by atoms with Crippen LogP contribution in [0.4, 0.5) is 0 Å². The average molecular weight is 773 g/mol. The lowest BCUT2D eigenvalue weighted by atomic mass is 9.76. The van der Waals surface area contributed by atoms with E-state index in [1.807, 2.05) is 0 Å². The van der Waals surface area contributed by atoms with Gasteiger partial charge >= 0.3 is 0 Å². The SMILES string of the molecule is CC1(C)c2ccccc2-c2cccc(C3=C4C(=C(c5ccccc5)c5cc6cc7c8ccccc8c8ccccc8c7cc6cc54)C(c4ccccc4)=C3c3ccccc3)c21. The van der Waals surface area contributed by atoms with Gasteiger partial charge in [0, 0.05) is 5.41 Å². The molecular weight excluding hydrogens is 733 g/mol. The normalized spacial score (nSPS) is 15.0. The maximum atomic E-state index is 2.53. The maximum Gasteiger partial charge on any atom is 0.0165 e. The summed E-state index contributed by atoms with van der Waals surface area (Å²) < 4.78 is 0. The van der Waals surface area contributed by atoms with Crippen molar-refractivity contribution in [1.82, 2.24) is 0 Å². The van der Waals surface area contributed by atoms with Crippen LogP contribution in [0.15, 0.2) is 212 Å². The Kier molecular flexibility index (Phi) is 7.17. The second kappa shape index (κ2) is 12.7. The molecule has 0 atom stereocenters. The van der Waals surface area contributed by atoms with Crippen molar-refractivity contribution in [3.8, 4) is 11.1 Å². The van der Waals surface area contributed by atoms with Gasteiger partial charge in [-0.1, -0.05) is 196 Å². The molecule has 10 aromatic rings. The molecule has 61 heavy (non-hydrogen) atoms. The largest absolute Gasteiger partial charge is 0.0622 e. The fourth-order valence-corrected chi connectivity index (χ4v) is 11.4. The first-order chi connectivity index (χ1) is 30.1. The number of allylic oxidation sites excluding steroid dienone is 5. The van der Waals surface area contributed by atoms with E-state index in [4.69, 9.17) is 0 Å². The van der Waals surface area contributed by atoms with Crippen molar-refractivity contribution in [2.75, 3.05) is 0 Å². The van der Waals surface area contributed by atoms with Gasteiger partial charge in [-0.25, -0.2) is 0 Å². The highest BCUT2D eigenvalue weighted by Crippen LogP contribution is 2.64. The zero-order valence-electron chi connectivity index (χ0n) is 34.1. The van der Waals surface area contributed by atoms with Gasteiger partial charge in [0.05, 0.1) is 0 Å². The summed E-state index contributed by atoms with van der Waals surface area (Å²) >= 11 is 0. The maximum absolute atomic E-state index is 2.53. The quantitative estimate of drug-likeness (QED) is 0.123. The predicted octanol–water partition coefficient (Wildman–Crippen LogP) is 16.0. The van der Waals surface area contributed by atoms with Gasteiger partial charge in [0.2, 0.25) is 0 Å². The molecule has 0 N–H and O–H groups in total. The molecule has 0 saturated heterocycles. The molecule has 0 unspecified atom stereocenters. The van der Waals surface area contributed by atoms with Gasteiger partial charge in [0.25, 0.3) is 0 Å². The minimum atomic E-state index is -0.201. The van der Waals surface area contributed by atoms with Gasteiger partial charge in [-0.3, -0.25) is 0 Å². The lowest BCUT2D eigenvalue weighted by Gasteiger charge is -2.26. The molecule has 13 rings (SSSR count). The first-order valence-corrected chi connectivity index (χ1v) is 21.5. The number of hydrogen-bond donors (Lipinski definition) is 0. The van der Waals surface area contributed by atoms with Gasteiger partial charge in [-0.15, -0.1) is 0 Å². The summed E-state index contributed by atoms with van der Waals surface area (Å²) in [7, 11) is 0. The van der Waals surface area contributed by atoms with E-state index in [1.54, 1.807) is 0 Å². The van der Waals surface area contributed by atoms with E-state index in [9.17, 15) is 0 Å². The van der Waals surface area contributed by atoms with Crippen molar-refractivity contribution in [2.24, 2.45) is 0 Å². The Balaban J connectivity index is 1.22. The van der Waals surface area contributed by atoms with Crippen LogP contribution in [0, 0.1) is 0 Å². The fraction of sp³-hybridized carbons (Fsp3) is 0.0492. The molecule has 0 heterocycles. The van der Waals surface area contributed by atoms with Crippen molar-refractivity contribution in [3.05, 3.63) is 256 Å². The Hall–Kier alpha value is -7.54. The standard InChI is InChI=1S/C61H40/c1-61(2)53-32-17-16-29-46(53)47-30-18-31-48(60(47)61)57-55(38-21-8-4-9-22-38)56(39-23-10-5-11-24-39)59-54(37-19-6-3-7-20-37)51-35-40-33-49-44-27-14-12-25-42(44)43-26-13-15-28-45(43)50(49)34-41(40)36-52(51)58(57)59/h3-36H,1-2H3. The summed E-state index contributed by atoms with van der Waals surface area (Å²) in [4.78, 5) is 0. The van der Waals surface area contributed by atoms with Gasteiger partial charge < -0.3 is 0 Å². The topological polar surface area (TPSA) is 0 Å². The average Bonchev–Trinajstić information content (AvgIpc) is 3.91. The summed E-state index contributed by atoms with van der Waals surface area (Å²) in [5.74, 6) is 0. The van der Waals surface area contributed by atoms with E-state index in [-0.39, 0.29) is 5.41 Å². The first kappa shape index (κ1) is 34.3. The molecule has 0 saturated carbocycles. The zero-order chi connectivity index (χ0) is 40.4. The van der Waals surface area contributed by atoms with Crippen LogP contribution >= 0.6 is 0 Å². The van der Waals surface area contributed by atoms with Crippen LogP contribution in [-0.4, -0.2) is 0 Å². The van der Waals surface area contributed by atoms with E-state index in [2.05, 4.69) is 220 Å². The zero-order valence-corrected chi connectivity index (χ0v) is 34.1. The third-order valence-electron chi connectivity index (χ3n) is 13.9. The molecule has 0 nitrogen and oxygen atoms in total. The highest BCUT2D eigenvalue weighted by atomic mass is 14.5. The molecule has 0 heteroatoms. The monoisotopic (exact) mass is 772 g/mol. The highest BCUT2D eigenvalue weighted by molar-refractivity contribution is 6.40. The summed E-state index contributed by atoms with van der Waals surface area (Å²) in [6.07, 6.45) is 0. The second-order valence-electron chi connectivity index (χ2n) is 17.5. The van der Waals surface area contributed by atoms with Gasteiger partial charge in [0.1, 0.15) is 0 Å². The number of benzene rings is 10. The number of fused-ring (bicyclic) bond motifs is 13. The third-order valence-corrected chi connectivity index (χ3v) is 13.9. The van der Waals surface area contributed by atoms with Gasteiger partial charge in [-0.2, -0.15) is 0 Å². The lowest BCUT2D eigenvalue weighted by molar-refractivity contribution is 0.659.